The second kappa shape index (κ2) is 5.80. The van der Waals surface area contributed by atoms with Crippen LogP contribution in [0.5, 0.6) is 0 Å². The fraction of sp³-hybridized carbons (Fsp3) is 0.615. The Kier molecular flexibility index (Phi) is 4.12. The molecule has 1 aromatic heterocycles. The number of hydrogen-bond donors (Lipinski definition) is 1. The van der Waals surface area contributed by atoms with Crippen LogP contribution in [0.15, 0.2) is 12.4 Å². The molecule has 0 radical (unpaired) electrons. The number of rotatable bonds is 3. The average molecular weight is 248 g/mol. The third-order valence-electron chi connectivity index (χ3n) is 3.58. The highest BCUT2D eigenvalue weighted by Crippen LogP contribution is 2.21. The van der Waals surface area contributed by atoms with Crippen molar-refractivity contribution in [2.45, 2.75) is 39.2 Å². The zero-order chi connectivity index (χ0) is 13.0. The van der Waals surface area contributed by atoms with Gasteiger partial charge in [0, 0.05) is 13.0 Å². The minimum Gasteiger partial charge on any atom is -0.382 e. The van der Waals surface area contributed by atoms with E-state index in [9.17, 15) is 4.79 Å². The van der Waals surface area contributed by atoms with Crippen LogP contribution in [0.1, 0.15) is 38.3 Å². The van der Waals surface area contributed by atoms with Crippen molar-refractivity contribution in [3.8, 4) is 0 Å². The fourth-order valence-corrected chi connectivity index (χ4v) is 2.31. The van der Waals surface area contributed by atoms with E-state index in [1.54, 1.807) is 6.20 Å². The molecule has 0 aliphatic carbocycles. The van der Waals surface area contributed by atoms with E-state index in [1.807, 2.05) is 4.90 Å². The van der Waals surface area contributed by atoms with Gasteiger partial charge in [-0.1, -0.05) is 13.3 Å². The SMILES string of the molecule is CCC1CCC(=O)N(Cc2cnc(N)cn2)CC1. The molecule has 2 N–H and O–H groups in total. The number of hydrogen-bond acceptors (Lipinski definition) is 4. The van der Waals surface area contributed by atoms with Gasteiger partial charge in [-0.2, -0.15) is 0 Å². The third kappa shape index (κ3) is 3.18. The predicted molar refractivity (Wildman–Crippen MR) is 69.5 cm³/mol. The molecule has 5 heteroatoms. The second-order valence-corrected chi connectivity index (χ2v) is 4.85. The Morgan fingerprint density at radius 3 is 2.89 bits per heavy atom. The van der Waals surface area contributed by atoms with Gasteiger partial charge in [-0.3, -0.25) is 9.78 Å². The van der Waals surface area contributed by atoms with Crippen molar-refractivity contribution in [2.75, 3.05) is 12.3 Å². The molecule has 1 amide bonds. The highest BCUT2D eigenvalue weighted by molar-refractivity contribution is 5.76. The summed E-state index contributed by atoms with van der Waals surface area (Å²) in [5.74, 6) is 1.31. The van der Waals surface area contributed by atoms with Crippen molar-refractivity contribution >= 4 is 11.7 Å². The van der Waals surface area contributed by atoms with Crippen LogP contribution in [0.3, 0.4) is 0 Å². The number of carbonyl (C=O) groups is 1. The molecule has 0 bridgehead atoms. The lowest BCUT2D eigenvalue weighted by Crippen LogP contribution is -2.30. The summed E-state index contributed by atoms with van der Waals surface area (Å²) in [6, 6.07) is 0. The number of nitrogens with zero attached hydrogens (tertiary/aromatic N) is 3. The molecule has 18 heavy (non-hydrogen) atoms. The smallest absolute Gasteiger partial charge is 0.222 e. The molecule has 0 aromatic carbocycles. The number of nitrogens with two attached hydrogens (primary N) is 1. The summed E-state index contributed by atoms with van der Waals surface area (Å²) >= 11 is 0. The summed E-state index contributed by atoms with van der Waals surface area (Å²) in [5.41, 5.74) is 6.29. The van der Waals surface area contributed by atoms with E-state index in [2.05, 4.69) is 16.9 Å². The van der Waals surface area contributed by atoms with Crippen LogP contribution >= 0.6 is 0 Å². The summed E-state index contributed by atoms with van der Waals surface area (Å²) in [6.45, 7) is 3.56. The lowest BCUT2D eigenvalue weighted by molar-refractivity contribution is -0.131. The quantitative estimate of drug-likeness (QED) is 0.881. The van der Waals surface area contributed by atoms with Crippen molar-refractivity contribution < 1.29 is 4.79 Å². The van der Waals surface area contributed by atoms with Crippen molar-refractivity contribution in [1.29, 1.82) is 0 Å². The monoisotopic (exact) mass is 248 g/mol. The molecule has 1 aromatic rings. The highest BCUT2D eigenvalue weighted by atomic mass is 16.2. The van der Waals surface area contributed by atoms with Crippen molar-refractivity contribution in [1.82, 2.24) is 14.9 Å². The van der Waals surface area contributed by atoms with Gasteiger partial charge >= 0.3 is 0 Å². The minimum absolute atomic E-state index is 0.226. The molecule has 1 unspecified atom stereocenters. The number of amides is 1. The molecular weight excluding hydrogens is 228 g/mol. The van der Waals surface area contributed by atoms with Gasteiger partial charge in [-0.05, 0) is 18.8 Å². The van der Waals surface area contributed by atoms with E-state index in [4.69, 9.17) is 5.73 Å². The van der Waals surface area contributed by atoms with E-state index in [1.165, 1.54) is 6.20 Å². The largest absolute Gasteiger partial charge is 0.382 e. The van der Waals surface area contributed by atoms with Gasteiger partial charge in [-0.15, -0.1) is 0 Å². The first-order valence-electron chi connectivity index (χ1n) is 6.53. The molecule has 1 aliphatic heterocycles. The van der Waals surface area contributed by atoms with E-state index >= 15 is 0 Å². The molecular formula is C13H20N4O. The minimum atomic E-state index is 0.226. The van der Waals surface area contributed by atoms with Gasteiger partial charge in [0.15, 0.2) is 0 Å². The topological polar surface area (TPSA) is 72.1 Å². The van der Waals surface area contributed by atoms with Crippen LogP contribution in [-0.2, 0) is 11.3 Å². The highest BCUT2D eigenvalue weighted by Gasteiger charge is 2.21. The summed E-state index contributed by atoms with van der Waals surface area (Å²) in [7, 11) is 0. The Hall–Kier alpha value is -1.65. The molecule has 5 nitrogen and oxygen atoms in total. The van der Waals surface area contributed by atoms with E-state index in [0.717, 1.165) is 31.5 Å². The van der Waals surface area contributed by atoms with Crippen LogP contribution in [0, 0.1) is 5.92 Å². The first-order valence-corrected chi connectivity index (χ1v) is 6.53. The molecule has 0 saturated carbocycles. The molecule has 1 aliphatic rings. The zero-order valence-electron chi connectivity index (χ0n) is 10.8. The van der Waals surface area contributed by atoms with Crippen LogP contribution < -0.4 is 5.73 Å². The van der Waals surface area contributed by atoms with E-state index in [0.29, 0.717) is 24.7 Å². The zero-order valence-corrected chi connectivity index (χ0v) is 10.8. The normalized spacial score (nSPS) is 20.8. The Morgan fingerprint density at radius 2 is 2.22 bits per heavy atom. The van der Waals surface area contributed by atoms with E-state index < -0.39 is 0 Å². The number of aromatic nitrogens is 2. The third-order valence-corrected chi connectivity index (χ3v) is 3.58. The van der Waals surface area contributed by atoms with Crippen LogP contribution in [-0.4, -0.2) is 27.3 Å². The standard InChI is InChI=1S/C13H20N4O/c1-2-10-3-4-13(18)17(6-5-10)9-11-7-16-12(14)8-15-11/h7-8,10H,2-6,9H2,1H3,(H2,14,16). The lowest BCUT2D eigenvalue weighted by atomic mass is 9.98. The molecule has 2 heterocycles. The predicted octanol–water partition coefficient (Wildman–Crippen LogP) is 1.60. The first kappa shape index (κ1) is 12.8. The van der Waals surface area contributed by atoms with Gasteiger partial charge in [0.05, 0.1) is 24.6 Å². The van der Waals surface area contributed by atoms with Crippen molar-refractivity contribution in [3.63, 3.8) is 0 Å². The molecule has 1 atom stereocenters. The number of carbonyl (C=O) groups excluding carboxylic acids is 1. The van der Waals surface area contributed by atoms with Crippen molar-refractivity contribution in [2.24, 2.45) is 5.92 Å². The second-order valence-electron chi connectivity index (χ2n) is 4.85. The molecule has 1 saturated heterocycles. The van der Waals surface area contributed by atoms with Crippen LogP contribution in [0.2, 0.25) is 0 Å². The van der Waals surface area contributed by atoms with Gasteiger partial charge in [0.2, 0.25) is 5.91 Å². The first-order chi connectivity index (χ1) is 8.69. The van der Waals surface area contributed by atoms with Gasteiger partial charge in [-0.25, -0.2) is 4.98 Å². The summed E-state index contributed by atoms with van der Waals surface area (Å²) in [6.07, 6.45) is 7.09. The Bertz CT molecular complexity index is 404. The summed E-state index contributed by atoms with van der Waals surface area (Å²) in [5, 5.41) is 0. The number of likely N-dealkylation sites (tertiary alicyclic amines) is 1. The number of nitrogen functional groups attached to an aromatic ring is 1. The van der Waals surface area contributed by atoms with Crippen molar-refractivity contribution in [3.05, 3.63) is 18.1 Å². The average Bonchev–Trinajstić information content (AvgIpc) is 2.55. The van der Waals surface area contributed by atoms with E-state index in [-0.39, 0.29) is 5.91 Å². The van der Waals surface area contributed by atoms with Gasteiger partial charge < -0.3 is 10.6 Å². The Balaban J connectivity index is 1.99. The Morgan fingerprint density at radius 1 is 1.39 bits per heavy atom. The summed E-state index contributed by atoms with van der Waals surface area (Å²) in [4.78, 5) is 22.1. The van der Waals surface area contributed by atoms with Crippen LogP contribution in [0.25, 0.3) is 0 Å². The maximum atomic E-state index is 12.0. The van der Waals surface area contributed by atoms with Gasteiger partial charge in [0.1, 0.15) is 5.82 Å². The molecule has 0 spiro atoms. The molecule has 1 fully saturated rings. The molecule has 2 rings (SSSR count). The maximum Gasteiger partial charge on any atom is 0.222 e. The Labute approximate surface area is 107 Å². The van der Waals surface area contributed by atoms with Crippen LogP contribution in [0.4, 0.5) is 5.82 Å². The summed E-state index contributed by atoms with van der Waals surface area (Å²) < 4.78 is 0. The molecule has 98 valence electrons. The fourth-order valence-electron chi connectivity index (χ4n) is 2.31. The number of anilines is 1. The van der Waals surface area contributed by atoms with Gasteiger partial charge in [0.25, 0.3) is 0 Å². The lowest BCUT2D eigenvalue weighted by Gasteiger charge is -2.20. The maximum absolute atomic E-state index is 12.0.